The van der Waals surface area contributed by atoms with Crippen molar-refractivity contribution in [3.05, 3.63) is 374 Å². The van der Waals surface area contributed by atoms with E-state index in [1.807, 2.05) is 43.3 Å². The van der Waals surface area contributed by atoms with Crippen LogP contribution in [-0.2, 0) is 27.8 Å². The number of anilines is 8. The molecule has 0 aliphatic rings. The van der Waals surface area contributed by atoms with Crippen LogP contribution in [0.1, 0.15) is 139 Å². The van der Waals surface area contributed by atoms with E-state index in [2.05, 4.69) is 338 Å². The Kier molecular flexibility index (Phi) is 25.0. The van der Waals surface area contributed by atoms with Gasteiger partial charge >= 0.3 is 6.18 Å². The van der Waals surface area contributed by atoms with E-state index in [-0.39, 0.29) is 27.5 Å². The topological polar surface area (TPSA) is 22.2 Å². The van der Waals surface area contributed by atoms with Gasteiger partial charge in [0, 0.05) is 95.3 Å². The van der Waals surface area contributed by atoms with Gasteiger partial charge in [0.15, 0.2) is 0 Å². The Morgan fingerprint density at radius 1 is 0.248 bits per heavy atom. The molecule has 105 heavy (non-hydrogen) atoms. The van der Waals surface area contributed by atoms with Crippen molar-refractivity contribution in [3.8, 4) is 5.75 Å². The molecule has 0 bridgehead atoms. The molecule has 0 aliphatic carbocycles. The minimum atomic E-state index is -4.32. The maximum Gasteiger partial charge on any atom is 0.416 e. The van der Waals surface area contributed by atoms with E-state index >= 15 is 0 Å². The van der Waals surface area contributed by atoms with E-state index in [0.29, 0.717) is 5.69 Å². The number of nitrogens with zero attached hydrogens (tertiary/aromatic N) is 4. The van der Waals surface area contributed by atoms with Gasteiger partial charge in [-0.05, 0) is 219 Å². The van der Waals surface area contributed by atoms with Gasteiger partial charge in [0.25, 0.3) is 0 Å². The van der Waals surface area contributed by atoms with Gasteiger partial charge in [0.1, 0.15) is 11.6 Å². The average Bonchev–Trinajstić information content (AvgIpc) is 0.809. The molecule has 0 fully saturated rings. The summed E-state index contributed by atoms with van der Waals surface area (Å²) < 4.78 is 56.6. The Balaban J connectivity index is 0.000000162. The van der Waals surface area contributed by atoms with Gasteiger partial charge < -0.3 is 24.3 Å². The third-order valence-electron chi connectivity index (χ3n) is 21.0. The third kappa shape index (κ3) is 19.4. The van der Waals surface area contributed by atoms with Crippen LogP contribution >= 0.6 is 0 Å². The first-order valence-corrected chi connectivity index (χ1v) is 36.0. The maximum absolute atomic E-state index is 13.1. The smallest absolute Gasteiger partial charge is 0.416 e. The molecule has 0 N–H and O–H groups in total. The van der Waals surface area contributed by atoms with E-state index in [1.165, 1.54) is 119 Å². The van der Waals surface area contributed by atoms with Gasteiger partial charge in [-0.3, -0.25) is 0 Å². The molecule has 5 nitrogen and oxygen atoms in total. The fourth-order valence-corrected chi connectivity index (χ4v) is 13.1. The molecule has 0 saturated carbocycles. The molecular formula is C96H104F4N4O. The minimum absolute atomic E-state index is 0.00935. The summed E-state index contributed by atoms with van der Waals surface area (Å²) in [7, 11) is 9.75. The van der Waals surface area contributed by atoms with Crippen LogP contribution in [-0.4, -0.2) is 35.3 Å². The van der Waals surface area contributed by atoms with E-state index in [0.717, 1.165) is 40.6 Å². The summed E-state index contributed by atoms with van der Waals surface area (Å²) in [5, 5.41) is 0. The van der Waals surface area contributed by atoms with Crippen molar-refractivity contribution in [1.82, 2.24) is 0 Å². The normalized spacial score (nSPS) is 11.6. The molecule has 9 heteroatoms. The van der Waals surface area contributed by atoms with Crippen LogP contribution in [0.15, 0.2) is 285 Å². The quantitative estimate of drug-likeness (QED) is 0.0845. The van der Waals surface area contributed by atoms with Crippen molar-refractivity contribution in [2.75, 3.05) is 54.9 Å². The number of ether oxygens (including phenoxy) is 1. The van der Waals surface area contributed by atoms with Crippen molar-refractivity contribution in [1.29, 1.82) is 0 Å². The van der Waals surface area contributed by atoms with Crippen LogP contribution in [0.4, 0.5) is 63.1 Å². The first kappa shape index (κ1) is 78.5. The van der Waals surface area contributed by atoms with Gasteiger partial charge in [-0.25, -0.2) is 4.39 Å². The number of benzene rings is 12. The van der Waals surface area contributed by atoms with Gasteiger partial charge in [0.05, 0.1) is 12.7 Å². The highest BCUT2D eigenvalue weighted by Gasteiger charge is 2.31. The molecular weight excluding hydrogens is 1300 g/mol. The van der Waals surface area contributed by atoms with Crippen molar-refractivity contribution >= 4 is 45.5 Å². The molecule has 0 aromatic heterocycles. The lowest BCUT2D eigenvalue weighted by atomic mass is 9.78. The highest BCUT2D eigenvalue weighted by atomic mass is 19.4. The van der Waals surface area contributed by atoms with E-state index in [9.17, 15) is 17.6 Å². The number of rotatable bonds is 17. The SMILES string of the molecule is COc1ccc(N(C)c2ccc(C(C)(C)c3ccc(C)cc3)cc2)cc1.Cc1ccc(C(C)(C)c2ccc(N(C)c3ccc(C(F)(F)F)cc3)cc2)cc1.Cc1ccc(C(C)(C)c2ccc(N(C)c3ccc(C)cc3C)cc2)cc1.Cc1ccc(C(C)(C)c2ccc(N(C)c3ccc(F)cc3)cc2)cc1. The molecule has 0 atom stereocenters. The third-order valence-corrected chi connectivity index (χ3v) is 21.0. The fourth-order valence-electron chi connectivity index (χ4n) is 13.1. The minimum Gasteiger partial charge on any atom is -0.497 e. The van der Waals surface area contributed by atoms with Crippen LogP contribution in [0.5, 0.6) is 5.75 Å². The van der Waals surface area contributed by atoms with Gasteiger partial charge in [-0.2, -0.15) is 13.2 Å². The molecule has 0 saturated heterocycles. The second kappa shape index (κ2) is 33.4. The standard InChI is InChI=1S/C25H29N.C24H24F3N.C24H27NO.C23H24FN/c1-18-7-10-21(11-8-18)25(4,5)22-12-14-23(15-13-22)26(6)24-16-9-19(2)17-20(24)3;1-17-5-7-18(8-6-17)23(2,3)19-9-13-21(14-10-19)28(4)22-15-11-20(12-16-22)24(25,26)27;1-18-6-8-19(9-7-18)24(2,3)20-10-12-21(13-11-20)25(4)22-14-16-23(26-5)17-15-22;1-17-5-7-18(8-6-17)23(2,3)19-9-13-21(14-10-19)25(4)22-15-11-20(24)12-16-22/h7-17H,1-6H3;5-16H,1-4H3;6-17H,1-5H3;5-16H,1-4H3. The van der Waals surface area contributed by atoms with Crippen LogP contribution < -0.4 is 24.3 Å². The van der Waals surface area contributed by atoms with Gasteiger partial charge in [-0.1, -0.05) is 241 Å². The Bertz CT molecular complexity index is 4720. The lowest BCUT2D eigenvalue weighted by molar-refractivity contribution is -0.137. The van der Waals surface area contributed by atoms with Crippen LogP contribution in [0.25, 0.3) is 0 Å². The highest BCUT2D eigenvalue weighted by molar-refractivity contribution is 5.69. The lowest BCUT2D eigenvalue weighted by Gasteiger charge is -2.28. The summed E-state index contributed by atoms with van der Waals surface area (Å²) in [4.78, 5) is 8.38. The largest absolute Gasteiger partial charge is 0.497 e. The van der Waals surface area contributed by atoms with Crippen molar-refractivity contribution in [3.63, 3.8) is 0 Å². The highest BCUT2D eigenvalue weighted by Crippen LogP contribution is 2.40. The maximum atomic E-state index is 13.1. The molecule has 12 aromatic rings. The first-order chi connectivity index (χ1) is 49.7. The molecule has 0 heterocycles. The number of hydrogen-bond donors (Lipinski definition) is 0. The first-order valence-electron chi connectivity index (χ1n) is 36.0. The summed E-state index contributed by atoms with van der Waals surface area (Å²) >= 11 is 0. The summed E-state index contributed by atoms with van der Waals surface area (Å²) in [5.74, 6) is 0.657. The number of halogens is 4. The number of hydrogen-bond acceptors (Lipinski definition) is 5. The van der Waals surface area contributed by atoms with Crippen LogP contribution in [0.2, 0.25) is 0 Å². The zero-order valence-electron chi connectivity index (χ0n) is 64.8. The molecule has 12 rings (SSSR count). The van der Waals surface area contributed by atoms with Crippen molar-refractivity contribution < 1.29 is 22.3 Å². The van der Waals surface area contributed by atoms with E-state index < -0.39 is 11.7 Å². The van der Waals surface area contributed by atoms with Gasteiger partial charge in [-0.15, -0.1) is 0 Å². The van der Waals surface area contributed by atoms with Crippen LogP contribution in [0.3, 0.4) is 0 Å². The van der Waals surface area contributed by atoms with Crippen LogP contribution in [0, 0.1) is 47.4 Å². The molecule has 0 spiro atoms. The number of aryl methyl sites for hydroxylation is 6. The Hall–Kier alpha value is -10.6. The Labute approximate surface area is 624 Å². The molecule has 542 valence electrons. The summed E-state index contributed by atoms with van der Waals surface area (Å²) in [6, 6.07) is 96.0. The summed E-state index contributed by atoms with van der Waals surface area (Å²) in [6.45, 7) is 30.8. The Morgan fingerprint density at radius 3 is 0.676 bits per heavy atom. The lowest BCUT2D eigenvalue weighted by Crippen LogP contribution is -2.19. The zero-order valence-corrected chi connectivity index (χ0v) is 64.8. The molecule has 0 unspecified atom stereocenters. The van der Waals surface area contributed by atoms with Crippen molar-refractivity contribution in [2.45, 2.75) is 125 Å². The predicted octanol–water partition coefficient (Wildman–Crippen LogP) is 26.1. The second-order valence-electron chi connectivity index (χ2n) is 29.9. The zero-order chi connectivity index (χ0) is 76.2. The van der Waals surface area contributed by atoms with E-state index in [1.54, 1.807) is 19.2 Å². The fraction of sp³-hybridized carbons (Fsp3) is 0.250. The number of alkyl halides is 3. The summed E-state index contributed by atoms with van der Waals surface area (Å²) in [5.41, 5.74) is 25.6. The summed E-state index contributed by atoms with van der Waals surface area (Å²) in [6.07, 6.45) is -4.32. The monoisotopic (exact) mass is 1400 g/mol. The average molecular weight is 1410 g/mol. The molecule has 12 aromatic carbocycles. The van der Waals surface area contributed by atoms with Crippen molar-refractivity contribution in [2.24, 2.45) is 0 Å². The van der Waals surface area contributed by atoms with E-state index in [4.69, 9.17) is 4.74 Å². The Morgan fingerprint density at radius 2 is 0.448 bits per heavy atom. The molecule has 0 amide bonds. The molecule has 0 aliphatic heterocycles. The second-order valence-corrected chi connectivity index (χ2v) is 29.9. The molecule has 0 radical (unpaired) electrons. The predicted molar refractivity (Wildman–Crippen MR) is 438 cm³/mol. The van der Waals surface area contributed by atoms with Gasteiger partial charge in [0.2, 0.25) is 0 Å². The number of methoxy groups -OCH3 is 1.